The van der Waals surface area contributed by atoms with Gasteiger partial charge in [0.2, 0.25) is 22.8 Å². The summed E-state index contributed by atoms with van der Waals surface area (Å²) in [5.41, 5.74) is 30.5. The molecule has 1 aliphatic rings. The first-order valence-electron chi connectivity index (χ1n) is 33.9. The minimum absolute atomic E-state index is 0.152. The Morgan fingerprint density at radius 1 is 0.284 bits per heavy atom. The second-order valence-corrected chi connectivity index (χ2v) is 25.8. The zero-order valence-electron chi connectivity index (χ0n) is 61.0. The number of nitrogens with zero attached hydrogens (tertiary/aromatic N) is 4. The van der Waals surface area contributed by atoms with E-state index >= 15 is 0 Å². The quantitative estimate of drug-likeness (QED) is 0.141. The highest BCUT2D eigenvalue weighted by Crippen LogP contribution is 2.47. The van der Waals surface area contributed by atoms with Crippen LogP contribution in [-0.4, -0.2) is 0 Å². The first-order valence-corrected chi connectivity index (χ1v) is 30.9. The molecule has 4 heterocycles. The average molecular weight is 1170 g/mol. The van der Waals surface area contributed by atoms with Crippen molar-refractivity contribution in [2.45, 2.75) is 120 Å². The lowest BCUT2D eigenvalue weighted by Gasteiger charge is -2.42. The first kappa shape index (κ1) is 55.7. The summed E-state index contributed by atoms with van der Waals surface area (Å²) < 4.78 is 54.4. The maximum absolute atomic E-state index is 7.77. The molecule has 0 unspecified atom stereocenters. The molecule has 0 saturated carbocycles. The second kappa shape index (κ2) is 27.0. The zero-order valence-corrected chi connectivity index (χ0v) is 55.0. The number of aromatic nitrogens is 4. The van der Waals surface area contributed by atoms with E-state index in [1.165, 1.54) is 113 Å². The molecule has 12 rings (SSSR count). The Kier molecular flexibility index (Phi) is 17.1. The lowest BCUT2D eigenvalue weighted by atomic mass is 9.62. The maximum Gasteiger partial charge on any atom is 0.212 e. The molecule has 0 fully saturated rings. The normalized spacial score (nSPS) is 14.0. The van der Waals surface area contributed by atoms with E-state index in [-0.39, 0.29) is 10.8 Å². The smallest absolute Gasteiger partial charge is 0.201 e. The Labute approximate surface area is 536 Å². The number of aryl methyl sites for hydroxylation is 14. The number of hydrogen-bond donors (Lipinski definition) is 0. The summed E-state index contributed by atoms with van der Waals surface area (Å²) in [4.78, 5) is 0. The van der Waals surface area contributed by atoms with Crippen LogP contribution in [0.3, 0.4) is 0 Å². The van der Waals surface area contributed by atoms with Gasteiger partial charge in [-0.2, -0.15) is 0 Å². The molecule has 0 N–H and O–H groups in total. The van der Waals surface area contributed by atoms with E-state index in [0.29, 0.717) is 11.1 Å². The number of hydrogen-bond acceptors (Lipinski definition) is 0. The average Bonchev–Trinajstić information content (AvgIpc) is 0.744. The summed E-state index contributed by atoms with van der Waals surface area (Å²) >= 11 is 0. The van der Waals surface area contributed by atoms with Crippen LogP contribution in [0.2, 0.25) is 0 Å². The Hall–Kier alpha value is -8.86. The minimum Gasteiger partial charge on any atom is -0.201 e. The largest absolute Gasteiger partial charge is 0.212 e. The Morgan fingerprint density at radius 2 is 0.659 bits per heavy atom. The Balaban J connectivity index is 0.000000148. The minimum atomic E-state index is -2.09. The summed E-state index contributed by atoms with van der Waals surface area (Å²) in [5, 5.41) is 0. The summed E-state index contributed by atoms with van der Waals surface area (Å²) in [7, 11) is 8.19. The van der Waals surface area contributed by atoms with E-state index in [4.69, 9.17) is 8.22 Å². The van der Waals surface area contributed by atoms with Crippen LogP contribution in [0.4, 0.5) is 0 Å². The predicted molar refractivity (Wildman–Crippen MR) is 371 cm³/mol. The van der Waals surface area contributed by atoms with Crippen LogP contribution < -0.4 is 18.3 Å². The fourth-order valence-corrected chi connectivity index (χ4v) is 12.5. The molecule has 0 radical (unpaired) electrons. The van der Waals surface area contributed by atoms with Crippen molar-refractivity contribution in [1.29, 1.82) is 0 Å². The van der Waals surface area contributed by atoms with Gasteiger partial charge in [0.25, 0.3) is 0 Å². The summed E-state index contributed by atoms with van der Waals surface area (Å²) in [5.74, 6) is 0. The molecule has 0 saturated heterocycles. The van der Waals surface area contributed by atoms with E-state index < -0.39 is 13.7 Å². The molecule has 4 heteroatoms. The highest BCUT2D eigenvalue weighted by molar-refractivity contribution is 5.71. The van der Waals surface area contributed by atoms with Gasteiger partial charge in [0.1, 0.15) is 28.2 Å². The van der Waals surface area contributed by atoms with E-state index in [1.54, 1.807) is 18.3 Å². The standard InChI is InChI=1S/C23H32N.C21H22N.2C20H20N/c1-15-12-21(24(8)14-17(15)3)18-13-20-19(11-16(18)2)22(4,5)9-10-23(20,6)7;1-15-10-11-19(16(2)12-15)21-13-17(3)20(14-22(21)4)18-8-6-5-7-9-18;2*1-15-9-11-19(16(2)13-15)20-12-10-18(14-21(20)3)17-7-5-4-6-8-17/h11-14H,9-10H2,1-8H3;5-14H,1-4H3;2*4-14H,1-3H3/q4*+1/i3D3;;1D3;. The third kappa shape index (κ3) is 14.6. The van der Waals surface area contributed by atoms with Gasteiger partial charge in [0, 0.05) is 77.0 Å². The van der Waals surface area contributed by atoms with Gasteiger partial charge in [0.05, 0.1) is 0 Å². The fraction of sp³-hybridized carbons (Fsp3) is 0.262. The van der Waals surface area contributed by atoms with Gasteiger partial charge < -0.3 is 0 Å². The van der Waals surface area contributed by atoms with Crippen molar-refractivity contribution < 1.29 is 26.5 Å². The van der Waals surface area contributed by atoms with E-state index in [0.717, 1.165) is 33.6 Å². The van der Waals surface area contributed by atoms with Gasteiger partial charge in [-0.05, 0) is 190 Å². The van der Waals surface area contributed by atoms with Crippen LogP contribution in [0.1, 0.15) is 116 Å². The van der Waals surface area contributed by atoms with Gasteiger partial charge in [-0.1, -0.05) is 178 Å². The molecule has 0 aliphatic heterocycles. The summed E-state index contributed by atoms with van der Waals surface area (Å²) in [6.45, 7) is 22.0. The van der Waals surface area contributed by atoms with Crippen molar-refractivity contribution in [2.75, 3.05) is 0 Å². The van der Waals surface area contributed by atoms with Crippen molar-refractivity contribution in [2.24, 2.45) is 28.2 Å². The van der Waals surface area contributed by atoms with E-state index in [9.17, 15) is 0 Å². The maximum atomic E-state index is 7.77. The molecular weight excluding hydrogens is 1060 g/mol. The topological polar surface area (TPSA) is 15.5 Å². The van der Waals surface area contributed by atoms with Crippen molar-refractivity contribution in [3.05, 3.63) is 286 Å². The van der Waals surface area contributed by atoms with Crippen molar-refractivity contribution in [3.8, 4) is 78.4 Å². The third-order valence-electron chi connectivity index (χ3n) is 17.8. The van der Waals surface area contributed by atoms with Crippen LogP contribution in [0.15, 0.2) is 219 Å². The van der Waals surface area contributed by atoms with Gasteiger partial charge in [0.15, 0.2) is 24.8 Å². The predicted octanol–water partition coefficient (Wildman–Crippen LogP) is 19.1. The molecule has 1 aliphatic carbocycles. The lowest BCUT2D eigenvalue weighted by Crippen LogP contribution is -2.35. The van der Waals surface area contributed by atoms with Gasteiger partial charge in [-0.25, -0.2) is 18.3 Å². The molecular formula is C84H94N4+4. The number of fused-ring (bicyclic) bond motifs is 1. The molecule has 7 aromatic carbocycles. The lowest BCUT2D eigenvalue weighted by molar-refractivity contribution is -0.660. The number of pyridine rings is 4. The molecule has 88 heavy (non-hydrogen) atoms. The Bertz CT molecular complexity index is 4520. The molecule has 0 atom stereocenters. The van der Waals surface area contributed by atoms with E-state index in [1.807, 2.05) is 68.9 Å². The third-order valence-corrected chi connectivity index (χ3v) is 17.8. The van der Waals surface area contributed by atoms with Crippen LogP contribution >= 0.6 is 0 Å². The monoisotopic (exact) mass is 1160 g/mol. The molecule has 446 valence electrons. The highest BCUT2D eigenvalue weighted by atomic mass is 14.9. The van der Waals surface area contributed by atoms with Crippen LogP contribution in [0, 0.1) is 69.1 Å². The molecule has 4 aromatic heterocycles. The van der Waals surface area contributed by atoms with E-state index in [2.05, 4.69) is 261 Å². The van der Waals surface area contributed by atoms with Crippen molar-refractivity contribution in [3.63, 3.8) is 0 Å². The van der Waals surface area contributed by atoms with Gasteiger partial charge >= 0.3 is 0 Å². The SMILES string of the molecule is Cc1ccc(-c2cc(C)c(-c3ccccc3)c[n+]2C)c(C)c1.Cc1ccc(-c2ccc(-c3ccccc3)c[n+]2C)c(C)c1.[2H]C([2H])([2H])c1c[n+](C)c(-c2cc3c(cc2C)C(C)(C)CCC3(C)C)cc1C.[2H]C([2H])([2H])c1ccc(-c2ccc(-c3ccccc3)c[n+]2C)c(C)c1. The second-order valence-electron chi connectivity index (χ2n) is 25.8. The Morgan fingerprint density at radius 3 is 1.11 bits per heavy atom. The molecule has 0 amide bonds. The first-order chi connectivity index (χ1) is 44.3. The molecule has 11 aromatic rings. The van der Waals surface area contributed by atoms with Crippen molar-refractivity contribution >= 4 is 0 Å². The van der Waals surface area contributed by atoms with Crippen LogP contribution in [0.5, 0.6) is 0 Å². The van der Waals surface area contributed by atoms with Crippen molar-refractivity contribution in [1.82, 2.24) is 0 Å². The van der Waals surface area contributed by atoms with Crippen LogP contribution in [0.25, 0.3) is 78.4 Å². The molecule has 0 spiro atoms. The highest BCUT2D eigenvalue weighted by Gasteiger charge is 2.38. The number of benzene rings is 7. The van der Waals surface area contributed by atoms with Gasteiger partial charge in [-0.15, -0.1) is 0 Å². The summed E-state index contributed by atoms with van der Waals surface area (Å²) in [6, 6.07) is 67.6. The van der Waals surface area contributed by atoms with Crippen LogP contribution in [-0.2, 0) is 39.0 Å². The van der Waals surface area contributed by atoms with Gasteiger partial charge in [-0.3, -0.25) is 0 Å². The fourth-order valence-electron chi connectivity index (χ4n) is 12.5. The zero-order chi connectivity index (χ0) is 68.2. The molecule has 0 bridgehead atoms. The summed E-state index contributed by atoms with van der Waals surface area (Å²) in [6.07, 6.45) is 10.7. The molecule has 4 nitrogen and oxygen atoms in total. The number of rotatable bonds is 7.